The quantitative estimate of drug-likeness (QED) is 0.677. The van der Waals surface area contributed by atoms with Gasteiger partial charge in [0, 0.05) is 13.2 Å². The molecule has 0 unspecified atom stereocenters. The highest BCUT2D eigenvalue weighted by Crippen LogP contribution is 2.62. The first kappa shape index (κ1) is 10.1. The summed E-state index contributed by atoms with van der Waals surface area (Å²) in [5.74, 6) is 1.48. The van der Waals surface area contributed by atoms with E-state index in [-0.39, 0.29) is 17.6 Å². The fraction of sp³-hybridized carbons (Fsp3) is 1.00. The molecule has 3 N–H and O–H groups in total. The Kier molecular flexibility index (Phi) is 2.14. The molecule has 15 heavy (non-hydrogen) atoms. The van der Waals surface area contributed by atoms with Crippen LogP contribution < -0.4 is 5.73 Å². The average Bonchev–Trinajstić information content (AvgIpc) is 2.85. The number of hydrogen-bond acceptors (Lipinski definition) is 3. The second-order valence-electron chi connectivity index (χ2n) is 5.78. The van der Waals surface area contributed by atoms with Crippen molar-refractivity contribution in [2.24, 2.45) is 23.0 Å². The van der Waals surface area contributed by atoms with Gasteiger partial charge in [-0.25, -0.2) is 0 Å². The molecule has 86 valence electrons. The zero-order valence-electron chi connectivity index (χ0n) is 9.36. The Morgan fingerprint density at radius 2 is 2.13 bits per heavy atom. The Balaban J connectivity index is 1.86. The third-order valence-electron chi connectivity index (χ3n) is 5.36. The lowest BCUT2D eigenvalue weighted by Crippen LogP contribution is -2.45. The predicted octanol–water partition coefficient (Wildman–Crippen LogP) is 0.900. The number of nitrogens with two attached hydrogens (primary N) is 1. The number of methoxy groups -OCH3 is 1. The van der Waals surface area contributed by atoms with Crippen molar-refractivity contribution in [2.45, 2.75) is 50.4 Å². The molecule has 0 aromatic carbocycles. The number of aliphatic hydroxyl groups is 1. The van der Waals surface area contributed by atoms with Gasteiger partial charge in [0.1, 0.15) is 0 Å². The maximum atomic E-state index is 9.98. The van der Waals surface area contributed by atoms with Crippen molar-refractivity contribution in [3.8, 4) is 0 Å². The van der Waals surface area contributed by atoms with Crippen molar-refractivity contribution in [3.63, 3.8) is 0 Å². The van der Waals surface area contributed by atoms with Crippen LogP contribution in [0, 0.1) is 17.3 Å². The molecule has 3 nitrogen and oxygen atoms in total. The molecule has 3 aliphatic carbocycles. The van der Waals surface area contributed by atoms with Gasteiger partial charge in [0.15, 0.2) is 0 Å². The van der Waals surface area contributed by atoms with E-state index in [9.17, 15) is 5.11 Å². The molecule has 3 rings (SSSR count). The number of ether oxygens (including phenoxy) is 1. The van der Waals surface area contributed by atoms with Gasteiger partial charge in [-0.05, 0) is 49.4 Å². The fourth-order valence-corrected chi connectivity index (χ4v) is 4.57. The minimum absolute atomic E-state index is 0.0235. The first-order valence-corrected chi connectivity index (χ1v) is 6.14. The lowest BCUT2D eigenvalue weighted by atomic mass is 9.69. The summed E-state index contributed by atoms with van der Waals surface area (Å²) in [6.45, 7) is 0. The van der Waals surface area contributed by atoms with Crippen LogP contribution in [0.2, 0.25) is 0 Å². The van der Waals surface area contributed by atoms with Crippen molar-refractivity contribution < 1.29 is 9.84 Å². The molecule has 3 aliphatic rings. The summed E-state index contributed by atoms with van der Waals surface area (Å²) >= 11 is 0. The van der Waals surface area contributed by atoms with Gasteiger partial charge in [0.2, 0.25) is 0 Å². The van der Waals surface area contributed by atoms with Gasteiger partial charge in [0.05, 0.1) is 12.2 Å². The second-order valence-corrected chi connectivity index (χ2v) is 5.78. The van der Waals surface area contributed by atoms with Crippen LogP contribution in [0.5, 0.6) is 0 Å². The third-order valence-corrected chi connectivity index (χ3v) is 5.36. The van der Waals surface area contributed by atoms with Gasteiger partial charge in [-0.15, -0.1) is 0 Å². The number of hydrogen-bond donors (Lipinski definition) is 2. The monoisotopic (exact) mass is 211 g/mol. The first-order valence-electron chi connectivity index (χ1n) is 6.14. The normalized spacial score (nSPS) is 58.2. The maximum absolute atomic E-state index is 9.98. The summed E-state index contributed by atoms with van der Waals surface area (Å²) in [5.41, 5.74) is 6.58. The largest absolute Gasteiger partial charge is 0.390 e. The summed E-state index contributed by atoms with van der Waals surface area (Å²) in [6.07, 6.45) is 5.50. The molecule has 0 radical (unpaired) electrons. The maximum Gasteiger partial charge on any atom is 0.0836 e. The van der Waals surface area contributed by atoms with Crippen LogP contribution in [-0.2, 0) is 4.74 Å². The molecule has 3 saturated carbocycles. The van der Waals surface area contributed by atoms with Crippen LogP contribution in [0.3, 0.4) is 0 Å². The smallest absolute Gasteiger partial charge is 0.0836 e. The van der Waals surface area contributed by atoms with E-state index in [2.05, 4.69) is 0 Å². The van der Waals surface area contributed by atoms with Gasteiger partial charge in [-0.3, -0.25) is 0 Å². The average molecular weight is 211 g/mol. The summed E-state index contributed by atoms with van der Waals surface area (Å²) < 4.78 is 5.36. The molecule has 0 amide bonds. The number of fused-ring (bicyclic) bond motifs is 3. The first-order chi connectivity index (χ1) is 7.17. The topological polar surface area (TPSA) is 55.5 Å². The highest BCUT2D eigenvalue weighted by molar-refractivity contribution is 5.13. The summed E-state index contributed by atoms with van der Waals surface area (Å²) in [4.78, 5) is 0. The van der Waals surface area contributed by atoms with E-state index >= 15 is 0 Å². The fourth-order valence-electron chi connectivity index (χ4n) is 4.57. The Labute approximate surface area is 91.0 Å². The Hall–Kier alpha value is -0.120. The molecular weight excluding hydrogens is 190 g/mol. The van der Waals surface area contributed by atoms with E-state index < -0.39 is 0 Å². The standard InChI is InChI=1S/C12H21NO2/c1-15-10-6-12(5-9(10)14)8-3-2-7(4-8)11(12)13/h7-11,14H,2-6,13H2,1H3/t7-,8+,9+,10+,11+,12+/m1/s1. The van der Waals surface area contributed by atoms with E-state index in [0.29, 0.717) is 6.04 Å². The zero-order chi connectivity index (χ0) is 10.6. The molecule has 3 heteroatoms. The van der Waals surface area contributed by atoms with Crippen molar-refractivity contribution in [3.05, 3.63) is 0 Å². The molecule has 2 bridgehead atoms. The van der Waals surface area contributed by atoms with Gasteiger partial charge >= 0.3 is 0 Å². The van der Waals surface area contributed by atoms with Crippen molar-refractivity contribution in [2.75, 3.05) is 7.11 Å². The Morgan fingerprint density at radius 1 is 1.33 bits per heavy atom. The minimum atomic E-state index is -0.291. The predicted molar refractivity (Wildman–Crippen MR) is 57.3 cm³/mol. The summed E-state index contributed by atoms with van der Waals surface area (Å²) in [6, 6.07) is 0.311. The molecule has 1 spiro atoms. The number of rotatable bonds is 1. The minimum Gasteiger partial charge on any atom is -0.390 e. The van der Waals surface area contributed by atoms with Crippen LogP contribution in [0.4, 0.5) is 0 Å². The Morgan fingerprint density at radius 3 is 2.67 bits per heavy atom. The van der Waals surface area contributed by atoms with E-state index in [1.54, 1.807) is 7.11 Å². The summed E-state index contributed by atoms with van der Waals surface area (Å²) in [5, 5.41) is 9.98. The molecule has 0 saturated heterocycles. The van der Waals surface area contributed by atoms with Gasteiger partial charge in [0.25, 0.3) is 0 Å². The second kappa shape index (κ2) is 3.19. The molecule has 0 aromatic heterocycles. The van der Waals surface area contributed by atoms with Gasteiger partial charge < -0.3 is 15.6 Å². The van der Waals surface area contributed by atoms with Crippen LogP contribution in [-0.4, -0.2) is 30.5 Å². The van der Waals surface area contributed by atoms with Crippen molar-refractivity contribution in [1.29, 1.82) is 0 Å². The molecular formula is C12H21NO2. The van der Waals surface area contributed by atoms with Crippen LogP contribution in [0.15, 0.2) is 0 Å². The highest BCUT2D eigenvalue weighted by atomic mass is 16.5. The lowest BCUT2D eigenvalue weighted by Gasteiger charge is -2.39. The molecule has 0 aliphatic heterocycles. The summed E-state index contributed by atoms with van der Waals surface area (Å²) in [7, 11) is 1.70. The molecule has 6 atom stereocenters. The number of aliphatic hydroxyl groups excluding tert-OH is 1. The van der Waals surface area contributed by atoms with Gasteiger partial charge in [-0.2, -0.15) is 0 Å². The van der Waals surface area contributed by atoms with Crippen molar-refractivity contribution >= 4 is 0 Å². The van der Waals surface area contributed by atoms with Crippen LogP contribution in [0.25, 0.3) is 0 Å². The van der Waals surface area contributed by atoms with Crippen LogP contribution in [0.1, 0.15) is 32.1 Å². The molecule has 0 heterocycles. The SMILES string of the molecule is CO[C@H]1C[C@@]2(C[C@@H]1O)[C@H]1CC[C@H](C1)[C@@H]2N. The van der Waals surface area contributed by atoms with Crippen molar-refractivity contribution in [1.82, 2.24) is 0 Å². The van der Waals surface area contributed by atoms with E-state index in [4.69, 9.17) is 10.5 Å². The van der Waals surface area contributed by atoms with Crippen LogP contribution >= 0.6 is 0 Å². The Bertz CT molecular complexity index is 266. The zero-order valence-corrected chi connectivity index (χ0v) is 9.36. The molecule has 0 aromatic rings. The van der Waals surface area contributed by atoms with Gasteiger partial charge in [-0.1, -0.05) is 0 Å². The lowest BCUT2D eigenvalue weighted by molar-refractivity contribution is 0.00927. The van der Waals surface area contributed by atoms with E-state index in [0.717, 1.165) is 24.7 Å². The third kappa shape index (κ3) is 1.17. The van der Waals surface area contributed by atoms with E-state index in [1.807, 2.05) is 0 Å². The molecule has 3 fully saturated rings. The van der Waals surface area contributed by atoms with E-state index in [1.165, 1.54) is 19.3 Å². The highest BCUT2D eigenvalue weighted by Gasteiger charge is 2.61.